The molecule has 0 amide bonds. The van der Waals surface area contributed by atoms with Gasteiger partial charge >= 0.3 is 5.97 Å². The fourth-order valence-electron chi connectivity index (χ4n) is 1.55. The van der Waals surface area contributed by atoms with Crippen molar-refractivity contribution < 1.29 is 14.4 Å². The molecule has 0 radical (unpaired) electrons. The first-order valence-corrected chi connectivity index (χ1v) is 5.27. The highest BCUT2D eigenvalue weighted by Gasteiger charge is 2.20. The number of carbonyl (C=O) groups is 1. The second-order valence-electron chi connectivity index (χ2n) is 4.09. The fraction of sp³-hybridized carbons (Fsp3) is 0.636. The molecule has 4 nitrogen and oxygen atoms in total. The van der Waals surface area contributed by atoms with Crippen molar-refractivity contribution in [2.24, 2.45) is 5.92 Å². The van der Waals surface area contributed by atoms with Crippen molar-refractivity contribution in [2.45, 2.75) is 40.0 Å². The number of rotatable bonds is 5. The van der Waals surface area contributed by atoms with Gasteiger partial charge in [0.2, 0.25) is 0 Å². The Hall–Kier alpha value is -1.32. The van der Waals surface area contributed by atoms with Gasteiger partial charge in [-0.1, -0.05) is 32.3 Å². The summed E-state index contributed by atoms with van der Waals surface area (Å²) in [6.45, 7) is 6.15. The third-order valence-corrected chi connectivity index (χ3v) is 2.17. The van der Waals surface area contributed by atoms with E-state index < -0.39 is 5.97 Å². The molecule has 0 aliphatic heterocycles. The quantitative estimate of drug-likeness (QED) is 0.812. The SMILES string of the molecule is CCCc1c(C(=O)O)noc1CC(C)C. The molecule has 15 heavy (non-hydrogen) atoms. The number of hydrogen-bond acceptors (Lipinski definition) is 3. The van der Waals surface area contributed by atoms with Crippen molar-refractivity contribution in [3.8, 4) is 0 Å². The highest BCUT2D eigenvalue weighted by Crippen LogP contribution is 2.19. The highest BCUT2D eigenvalue weighted by molar-refractivity contribution is 5.87. The zero-order valence-electron chi connectivity index (χ0n) is 9.41. The molecular weight excluding hydrogens is 194 g/mol. The minimum atomic E-state index is -1.00. The van der Waals surface area contributed by atoms with Crippen LogP contribution < -0.4 is 0 Å². The summed E-state index contributed by atoms with van der Waals surface area (Å²) >= 11 is 0. The van der Waals surface area contributed by atoms with Gasteiger partial charge in [0.15, 0.2) is 5.69 Å². The van der Waals surface area contributed by atoms with Crippen molar-refractivity contribution >= 4 is 5.97 Å². The molecule has 0 saturated carbocycles. The second kappa shape index (κ2) is 4.96. The summed E-state index contributed by atoms with van der Waals surface area (Å²) in [6, 6.07) is 0. The van der Waals surface area contributed by atoms with E-state index in [2.05, 4.69) is 19.0 Å². The van der Waals surface area contributed by atoms with Crippen LogP contribution in [0.2, 0.25) is 0 Å². The van der Waals surface area contributed by atoms with Crippen LogP contribution >= 0.6 is 0 Å². The zero-order valence-corrected chi connectivity index (χ0v) is 9.41. The van der Waals surface area contributed by atoms with Crippen LogP contribution in [0.15, 0.2) is 4.52 Å². The molecule has 0 unspecified atom stereocenters. The van der Waals surface area contributed by atoms with E-state index in [1.165, 1.54) is 0 Å². The van der Waals surface area contributed by atoms with E-state index in [0.717, 1.165) is 24.2 Å². The third-order valence-electron chi connectivity index (χ3n) is 2.17. The summed E-state index contributed by atoms with van der Waals surface area (Å²) in [5.41, 5.74) is 0.839. The summed E-state index contributed by atoms with van der Waals surface area (Å²) in [6.07, 6.45) is 2.36. The lowest BCUT2D eigenvalue weighted by atomic mass is 10.0. The first-order valence-electron chi connectivity index (χ1n) is 5.27. The van der Waals surface area contributed by atoms with Crippen LogP contribution in [0.5, 0.6) is 0 Å². The Morgan fingerprint density at radius 2 is 2.20 bits per heavy atom. The standard InChI is InChI=1S/C11H17NO3/c1-4-5-8-9(6-7(2)3)15-12-10(8)11(13)14/h7H,4-6H2,1-3H3,(H,13,14). The van der Waals surface area contributed by atoms with E-state index >= 15 is 0 Å². The van der Waals surface area contributed by atoms with Crippen molar-refractivity contribution in [2.75, 3.05) is 0 Å². The Morgan fingerprint density at radius 3 is 2.67 bits per heavy atom. The van der Waals surface area contributed by atoms with E-state index in [0.29, 0.717) is 12.3 Å². The van der Waals surface area contributed by atoms with Gasteiger partial charge in [-0.2, -0.15) is 0 Å². The van der Waals surface area contributed by atoms with Crippen molar-refractivity contribution in [3.63, 3.8) is 0 Å². The minimum absolute atomic E-state index is 0.0764. The molecule has 1 heterocycles. The van der Waals surface area contributed by atoms with Crippen molar-refractivity contribution in [1.29, 1.82) is 0 Å². The first kappa shape index (κ1) is 11.8. The van der Waals surface area contributed by atoms with Gasteiger partial charge in [-0.25, -0.2) is 4.79 Å². The Kier molecular flexibility index (Phi) is 3.88. The molecule has 0 bridgehead atoms. The lowest BCUT2D eigenvalue weighted by Crippen LogP contribution is -2.03. The maximum atomic E-state index is 10.9. The van der Waals surface area contributed by atoms with Crippen LogP contribution in [0.25, 0.3) is 0 Å². The van der Waals surface area contributed by atoms with E-state index in [9.17, 15) is 4.79 Å². The molecule has 0 atom stereocenters. The molecule has 0 saturated heterocycles. The molecule has 1 rings (SSSR count). The smallest absolute Gasteiger partial charge is 0.358 e. The predicted molar refractivity (Wildman–Crippen MR) is 56.0 cm³/mol. The van der Waals surface area contributed by atoms with Crippen LogP contribution in [0.3, 0.4) is 0 Å². The van der Waals surface area contributed by atoms with Crippen LogP contribution in [0.1, 0.15) is 49.0 Å². The van der Waals surface area contributed by atoms with Gasteiger partial charge in [-0.3, -0.25) is 0 Å². The number of aromatic carboxylic acids is 1. The molecule has 0 spiro atoms. The van der Waals surface area contributed by atoms with Gasteiger partial charge in [-0.05, 0) is 12.3 Å². The number of carboxylic acids is 1. The van der Waals surface area contributed by atoms with Crippen LogP contribution in [-0.4, -0.2) is 16.2 Å². The molecule has 0 aliphatic rings. The molecule has 84 valence electrons. The summed E-state index contributed by atoms with van der Waals surface area (Å²) in [5.74, 6) is 0.164. The van der Waals surface area contributed by atoms with Crippen molar-refractivity contribution in [1.82, 2.24) is 5.16 Å². The number of nitrogens with zero attached hydrogens (tertiary/aromatic N) is 1. The van der Waals surface area contributed by atoms with Gasteiger partial charge < -0.3 is 9.63 Å². The summed E-state index contributed by atoms with van der Waals surface area (Å²) in [4.78, 5) is 10.9. The Balaban J connectivity index is 3.00. The maximum absolute atomic E-state index is 10.9. The highest BCUT2D eigenvalue weighted by atomic mass is 16.5. The number of aromatic nitrogens is 1. The second-order valence-corrected chi connectivity index (χ2v) is 4.09. The van der Waals surface area contributed by atoms with E-state index in [-0.39, 0.29) is 5.69 Å². The Labute approximate surface area is 89.3 Å². The molecule has 0 aliphatic carbocycles. The monoisotopic (exact) mass is 211 g/mol. The average Bonchev–Trinajstić information content (AvgIpc) is 2.48. The predicted octanol–water partition coefficient (Wildman–Crippen LogP) is 2.52. The molecular formula is C11H17NO3. The summed E-state index contributed by atoms with van der Waals surface area (Å²) in [7, 11) is 0. The lowest BCUT2D eigenvalue weighted by molar-refractivity contribution is 0.0684. The minimum Gasteiger partial charge on any atom is -0.476 e. The first-order chi connectivity index (χ1) is 7.06. The lowest BCUT2D eigenvalue weighted by Gasteiger charge is -2.03. The van der Waals surface area contributed by atoms with Gasteiger partial charge in [-0.15, -0.1) is 0 Å². The van der Waals surface area contributed by atoms with Crippen LogP contribution in [-0.2, 0) is 12.8 Å². The largest absolute Gasteiger partial charge is 0.476 e. The van der Waals surface area contributed by atoms with Gasteiger partial charge in [0.25, 0.3) is 0 Å². The summed E-state index contributed by atoms with van der Waals surface area (Å²) < 4.78 is 5.09. The van der Waals surface area contributed by atoms with Crippen LogP contribution in [0.4, 0.5) is 0 Å². The Bertz CT molecular complexity index is 342. The van der Waals surface area contributed by atoms with E-state index in [1.54, 1.807) is 0 Å². The molecule has 1 aromatic rings. The molecule has 1 N–H and O–H groups in total. The molecule has 0 aromatic carbocycles. The number of hydrogen-bond donors (Lipinski definition) is 1. The third kappa shape index (κ3) is 2.81. The van der Waals surface area contributed by atoms with Crippen molar-refractivity contribution in [3.05, 3.63) is 17.0 Å². The summed E-state index contributed by atoms with van der Waals surface area (Å²) in [5, 5.41) is 12.5. The molecule has 0 fully saturated rings. The molecule has 4 heteroatoms. The fourth-order valence-corrected chi connectivity index (χ4v) is 1.55. The van der Waals surface area contributed by atoms with Gasteiger partial charge in [0.1, 0.15) is 5.76 Å². The van der Waals surface area contributed by atoms with E-state index in [1.807, 2.05) is 6.92 Å². The van der Waals surface area contributed by atoms with Gasteiger partial charge in [0, 0.05) is 12.0 Å². The van der Waals surface area contributed by atoms with Gasteiger partial charge in [0.05, 0.1) is 0 Å². The molecule has 1 aromatic heterocycles. The zero-order chi connectivity index (χ0) is 11.4. The maximum Gasteiger partial charge on any atom is 0.358 e. The Morgan fingerprint density at radius 1 is 1.53 bits per heavy atom. The normalized spacial score (nSPS) is 10.9. The topological polar surface area (TPSA) is 63.3 Å². The van der Waals surface area contributed by atoms with E-state index in [4.69, 9.17) is 9.63 Å². The average molecular weight is 211 g/mol. The van der Waals surface area contributed by atoms with Crippen LogP contribution in [0, 0.1) is 5.92 Å². The number of carboxylic acid groups (broad SMARTS) is 1.